The molecule has 1 aromatic carbocycles. The molecular weight excluding hydrogens is 248 g/mol. The lowest BCUT2D eigenvalue weighted by molar-refractivity contribution is 0.291. The Kier molecular flexibility index (Phi) is 4.40. The molecule has 3 heteroatoms. The second-order valence-electron chi connectivity index (χ2n) is 7.05. The second-order valence-corrected chi connectivity index (χ2v) is 7.05. The summed E-state index contributed by atoms with van der Waals surface area (Å²) in [7, 11) is 0. The number of hydrogen-bond donors (Lipinski definition) is 2. The highest BCUT2D eigenvalue weighted by atomic mass is 16.5. The third-order valence-electron chi connectivity index (χ3n) is 4.00. The average molecular weight is 276 g/mol. The molecular formula is C17H28N2O. The molecule has 112 valence electrons. The van der Waals surface area contributed by atoms with Crippen molar-refractivity contribution in [2.24, 2.45) is 17.4 Å². The molecule has 1 aromatic rings. The van der Waals surface area contributed by atoms with Crippen molar-refractivity contribution < 1.29 is 4.74 Å². The molecule has 0 amide bonds. The van der Waals surface area contributed by atoms with Gasteiger partial charge in [0.1, 0.15) is 5.75 Å². The molecule has 3 nitrogen and oxygen atoms in total. The molecule has 2 rings (SSSR count). The first-order valence-corrected chi connectivity index (χ1v) is 7.56. The van der Waals surface area contributed by atoms with Crippen LogP contribution in [0.4, 0.5) is 0 Å². The molecule has 0 aliphatic heterocycles. The van der Waals surface area contributed by atoms with E-state index >= 15 is 0 Å². The van der Waals surface area contributed by atoms with E-state index in [0.29, 0.717) is 6.54 Å². The van der Waals surface area contributed by atoms with Crippen LogP contribution >= 0.6 is 0 Å². The van der Waals surface area contributed by atoms with Gasteiger partial charge in [0, 0.05) is 12.6 Å². The van der Waals surface area contributed by atoms with Crippen molar-refractivity contribution >= 4 is 0 Å². The Hall–Kier alpha value is -1.06. The second kappa shape index (κ2) is 5.74. The highest BCUT2D eigenvalue weighted by Gasteiger charge is 2.25. The minimum absolute atomic E-state index is 0.0645. The minimum Gasteiger partial charge on any atom is -0.493 e. The van der Waals surface area contributed by atoms with E-state index in [4.69, 9.17) is 16.2 Å². The lowest BCUT2D eigenvalue weighted by Gasteiger charge is -2.26. The molecule has 0 saturated heterocycles. The smallest absolute Gasteiger partial charge is 0.123 e. The predicted molar refractivity (Wildman–Crippen MR) is 84.1 cm³/mol. The number of rotatable bonds is 5. The Morgan fingerprint density at radius 2 is 1.95 bits per heavy atom. The van der Waals surface area contributed by atoms with E-state index < -0.39 is 0 Å². The lowest BCUT2D eigenvalue weighted by Crippen LogP contribution is -2.23. The van der Waals surface area contributed by atoms with Crippen molar-refractivity contribution in [1.82, 2.24) is 0 Å². The molecule has 0 radical (unpaired) electrons. The first kappa shape index (κ1) is 15.3. The average Bonchev–Trinajstić information content (AvgIpc) is 3.19. The van der Waals surface area contributed by atoms with Crippen molar-refractivity contribution in [2.75, 3.05) is 13.2 Å². The van der Waals surface area contributed by atoms with Crippen LogP contribution in [0, 0.1) is 12.8 Å². The number of nitrogens with two attached hydrogens (primary N) is 2. The van der Waals surface area contributed by atoms with Crippen LogP contribution in [0.5, 0.6) is 5.75 Å². The first-order valence-electron chi connectivity index (χ1n) is 7.56. The van der Waals surface area contributed by atoms with Crippen LogP contribution in [0.25, 0.3) is 0 Å². The quantitative estimate of drug-likeness (QED) is 0.869. The van der Waals surface area contributed by atoms with Gasteiger partial charge in [0.25, 0.3) is 0 Å². The maximum atomic E-state index is 6.11. The summed E-state index contributed by atoms with van der Waals surface area (Å²) in [5.74, 6) is 1.73. The molecule has 0 spiro atoms. The van der Waals surface area contributed by atoms with E-state index in [9.17, 15) is 0 Å². The van der Waals surface area contributed by atoms with Gasteiger partial charge in [-0.25, -0.2) is 0 Å². The standard InChI is InChI=1S/C17H28N2O/c1-11-7-14(17(2,3)4)16(20-10-12-5-6-12)8-13(11)15(19)9-18/h7-8,12,15H,5-6,9-10,18-19H2,1-4H3. The Balaban J connectivity index is 2.36. The highest BCUT2D eigenvalue weighted by Crippen LogP contribution is 2.37. The maximum Gasteiger partial charge on any atom is 0.123 e. The van der Waals surface area contributed by atoms with Crippen molar-refractivity contribution in [3.63, 3.8) is 0 Å². The number of aryl methyl sites for hydroxylation is 1. The topological polar surface area (TPSA) is 61.3 Å². The fourth-order valence-corrected chi connectivity index (χ4v) is 2.43. The van der Waals surface area contributed by atoms with Crippen LogP contribution in [0.3, 0.4) is 0 Å². The summed E-state index contributed by atoms with van der Waals surface area (Å²) < 4.78 is 6.08. The van der Waals surface area contributed by atoms with E-state index in [1.165, 1.54) is 24.0 Å². The van der Waals surface area contributed by atoms with E-state index in [1.807, 2.05) is 0 Å². The Morgan fingerprint density at radius 3 is 2.45 bits per heavy atom. The molecule has 1 aliphatic carbocycles. The fourth-order valence-electron chi connectivity index (χ4n) is 2.43. The summed E-state index contributed by atoms with van der Waals surface area (Å²) in [5.41, 5.74) is 15.4. The summed E-state index contributed by atoms with van der Waals surface area (Å²) in [6, 6.07) is 4.20. The van der Waals surface area contributed by atoms with E-state index in [0.717, 1.165) is 23.8 Å². The molecule has 0 bridgehead atoms. The largest absolute Gasteiger partial charge is 0.493 e. The maximum absolute atomic E-state index is 6.11. The van der Waals surface area contributed by atoms with Crippen molar-refractivity contribution in [1.29, 1.82) is 0 Å². The Morgan fingerprint density at radius 1 is 1.30 bits per heavy atom. The monoisotopic (exact) mass is 276 g/mol. The third kappa shape index (κ3) is 3.53. The number of hydrogen-bond acceptors (Lipinski definition) is 3. The Labute approximate surface area is 122 Å². The minimum atomic E-state index is -0.118. The first-order chi connectivity index (χ1) is 9.32. The summed E-state index contributed by atoms with van der Waals surface area (Å²) >= 11 is 0. The van der Waals surface area contributed by atoms with Gasteiger partial charge >= 0.3 is 0 Å². The zero-order valence-electron chi connectivity index (χ0n) is 13.2. The summed E-state index contributed by atoms with van der Waals surface area (Å²) in [6.07, 6.45) is 2.60. The SMILES string of the molecule is Cc1cc(C(C)(C)C)c(OCC2CC2)cc1C(N)CN. The molecule has 1 aliphatic rings. The van der Waals surface area contributed by atoms with Crippen LogP contribution < -0.4 is 16.2 Å². The highest BCUT2D eigenvalue weighted by molar-refractivity contribution is 5.46. The van der Waals surface area contributed by atoms with Gasteiger partial charge in [0.15, 0.2) is 0 Å². The van der Waals surface area contributed by atoms with Crippen LogP contribution in [0.2, 0.25) is 0 Å². The molecule has 1 unspecified atom stereocenters. The zero-order valence-corrected chi connectivity index (χ0v) is 13.2. The van der Waals surface area contributed by atoms with Crippen molar-refractivity contribution in [3.8, 4) is 5.75 Å². The van der Waals surface area contributed by atoms with Crippen LogP contribution in [-0.4, -0.2) is 13.2 Å². The van der Waals surface area contributed by atoms with Gasteiger partial charge in [-0.2, -0.15) is 0 Å². The molecule has 4 N–H and O–H groups in total. The Bertz CT molecular complexity index is 473. The molecule has 0 heterocycles. The van der Waals surface area contributed by atoms with Crippen LogP contribution in [0.1, 0.15) is 56.3 Å². The molecule has 1 fully saturated rings. The van der Waals surface area contributed by atoms with Crippen molar-refractivity contribution in [3.05, 3.63) is 28.8 Å². The van der Waals surface area contributed by atoms with Gasteiger partial charge in [-0.3, -0.25) is 0 Å². The molecule has 1 atom stereocenters. The zero-order chi connectivity index (χ0) is 14.9. The van der Waals surface area contributed by atoms with Gasteiger partial charge in [0.05, 0.1) is 6.61 Å². The van der Waals surface area contributed by atoms with E-state index in [2.05, 4.69) is 39.8 Å². The van der Waals surface area contributed by atoms with E-state index in [-0.39, 0.29) is 11.5 Å². The molecule has 1 saturated carbocycles. The molecule has 20 heavy (non-hydrogen) atoms. The van der Waals surface area contributed by atoms with Gasteiger partial charge in [0.2, 0.25) is 0 Å². The molecule has 0 aromatic heterocycles. The van der Waals surface area contributed by atoms with E-state index in [1.54, 1.807) is 0 Å². The van der Waals surface area contributed by atoms with Gasteiger partial charge in [-0.15, -0.1) is 0 Å². The van der Waals surface area contributed by atoms with Gasteiger partial charge < -0.3 is 16.2 Å². The summed E-state index contributed by atoms with van der Waals surface area (Å²) in [5, 5.41) is 0. The fraction of sp³-hybridized carbons (Fsp3) is 0.647. The van der Waals surface area contributed by atoms with Crippen molar-refractivity contribution in [2.45, 2.75) is 52.0 Å². The summed E-state index contributed by atoms with van der Waals surface area (Å²) in [4.78, 5) is 0. The van der Waals surface area contributed by atoms with Gasteiger partial charge in [-0.05, 0) is 53.9 Å². The lowest BCUT2D eigenvalue weighted by atomic mass is 9.83. The normalized spacial score (nSPS) is 17.1. The van der Waals surface area contributed by atoms with Crippen LogP contribution in [-0.2, 0) is 5.41 Å². The number of benzene rings is 1. The van der Waals surface area contributed by atoms with Gasteiger partial charge in [-0.1, -0.05) is 26.8 Å². The van der Waals surface area contributed by atoms with Crippen LogP contribution in [0.15, 0.2) is 12.1 Å². The number of ether oxygens (including phenoxy) is 1. The summed E-state index contributed by atoms with van der Waals surface area (Å²) in [6.45, 7) is 10.0. The predicted octanol–water partition coefficient (Wildman–Crippen LogP) is 3.04. The third-order valence-corrected chi connectivity index (χ3v) is 4.00.